The highest BCUT2D eigenvalue weighted by Gasteiger charge is 2.35. The normalized spacial score (nSPS) is 12.4. The van der Waals surface area contributed by atoms with Crippen molar-refractivity contribution < 1.29 is 26.9 Å². The molecule has 1 N–H and O–H groups in total. The largest absolute Gasteiger partial charge is 0.479 e. The Bertz CT molecular complexity index is 577. The summed E-state index contributed by atoms with van der Waals surface area (Å²) in [4.78, 5) is 10.6. The molecular weight excluding hydrogens is 263 g/mol. The van der Waals surface area contributed by atoms with Crippen LogP contribution in [-0.2, 0) is 19.1 Å². The van der Waals surface area contributed by atoms with E-state index in [9.17, 15) is 17.6 Å². The van der Waals surface area contributed by atoms with E-state index in [1.165, 1.54) is 6.92 Å². The average Bonchev–Trinajstić information content (AvgIpc) is 2.14. The van der Waals surface area contributed by atoms with E-state index in [4.69, 9.17) is 5.11 Å². The van der Waals surface area contributed by atoms with Crippen LogP contribution in [0.1, 0.15) is 19.4 Å². The molecule has 18 heavy (non-hydrogen) atoms. The lowest BCUT2D eigenvalue weighted by Gasteiger charge is -2.19. The summed E-state index contributed by atoms with van der Waals surface area (Å²) < 4.78 is 41.3. The average molecular weight is 276 g/mol. The molecule has 0 heterocycles. The Balaban J connectivity index is 3.19. The van der Waals surface area contributed by atoms with Gasteiger partial charge < -0.3 is 5.11 Å². The van der Waals surface area contributed by atoms with Crippen LogP contribution in [0.5, 0.6) is 0 Å². The van der Waals surface area contributed by atoms with Crippen molar-refractivity contribution in [3.05, 3.63) is 29.6 Å². The molecule has 5 nitrogen and oxygen atoms in total. The lowest BCUT2D eigenvalue weighted by atomic mass is 10.1. The molecule has 0 bridgehead atoms. The Morgan fingerprint density at radius 2 is 1.94 bits per heavy atom. The van der Waals surface area contributed by atoms with E-state index in [1.54, 1.807) is 0 Å². The second-order valence-electron chi connectivity index (χ2n) is 4.26. The fourth-order valence-electron chi connectivity index (χ4n) is 1.25. The van der Waals surface area contributed by atoms with E-state index in [2.05, 4.69) is 4.18 Å². The van der Waals surface area contributed by atoms with Gasteiger partial charge in [0, 0.05) is 0 Å². The molecule has 0 radical (unpaired) electrons. The summed E-state index contributed by atoms with van der Waals surface area (Å²) in [6.45, 7) is 3.63. The van der Waals surface area contributed by atoms with E-state index >= 15 is 0 Å². The number of hydrogen-bond donors (Lipinski definition) is 1. The van der Waals surface area contributed by atoms with Crippen molar-refractivity contribution in [2.24, 2.45) is 0 Å². The van der Waals surface area contributed by atoms with Gasteiger partial charge in [0.25, 0.3) is 10.1 Å². The molecule has 1 aromatic carbocycles. The Hall–Kier alpha value is -1.47. The van der Waals surface area contributed by atoms with Gasteiger partial charge in [0.2, 0.25) is 0 Å². The van der Waals surface area contributed by atoms with Gasteiger partial charge in [-0.05, 0) is 44.5 Å². The molecule has 0 aliphatic heterocycles. The highest BCUT2D eigenvalue weighted by Crippen LogP contribution is 2.23. The zero-order chi connectivity index (χ0) is 14.1. The number of rotatable bonds is 4. The molecule has 0 aliphatic rings. The van der Waals surface area contributed by atoms with Gasteiger partial charge in [0.05, 0.1) is 4.90 Å². The molecule has 1 rings (SSSR count). The monoisotopic (exact) mass is 276 g/mol. The molecule has 100 valence electrons. The van der Waals surface area contributed by atoms with Crippen molar-refractivity contribution in [2.45, 2.75) is 31.3 Å². The second-order valence-corrected chi connectivity index (χ2v) is 5.78. The van der Waals surface area contributed by atoms with Crippen molar-refractivity contribution in [2.75, 3.05) is 0 Å². The maximum Gasteiger partial charge on any atom is 0.336 e. The minimum Gasteiger partial charge on any atom is -0.479 e. The van der Waals surface area contributed by atoms with E-state index < -0.39 is 27.5 Å². The van der Waals surface area contributed by atoms with Crippen molar-refractivity contribution in [1.29, 1.82) is 0 Å². The first-order chi connectivity index (χ1) is 8.06. The van der Waals surface area contributed by atoms with Crippen LogP contribution >= 0.6 is 0 Å². The van der Waals surface area contributed by atoms with Gasteiger partial charge in [-0.25, -0.2) is 13.4 Å². The van der Waals surface area contributed by atoms with E-state index in [-0.39, 0.29) is 10.5 Å². The first-order valence-corrected chi connectivity index (χ1v) is 6.42. The standard InChI is InChI=1S/C11H13FO5S/c1-7-6-8(12)4-5-9(7)18(15,16)17-11(2,3)10(13)14/h4-6H,1-3H3,(H,13,14). The summed E-state index contributed by atoms with van der Waals surface area (Å²) in [5.74, 6) is -1.99. The summed E-state index contributed by atoms with van der Waals surface area (Å²) >= 11 is 0. The SMILES string of the molecule is Cc1cc(F)ccc1S(=O)(=O)OC(C)(C)C(=O)O. The van der Waals surface area contributed by atoms with Crippen molar-refractivity contribution in [1.82, 2.24) is 0 Å². The number of aryl methyl sites for hydroxylation is 1. The maximum atomic E-state index is 12.9. The highest BCUT2D eigenvalue weighted by atomic mass is 32.2. The Kier molecular flexibility index (Phi) is 3.78. The lowest BCUT2D eigenvalue weighted by Crippen LogP contribution is -2.37. The van der Waals surface area contributed by atoms with E-state index in [0.717, 1.165) is 32.0 Å². The number of hydrogen-bond acceptors (Lipinski definition) is 4. The first-order valence-electron chi connectivity index (χ1n) is 5.01. The van der Waals surface area contributed by atoms with Crippen LogP contribution in [0.25, 0.3) is 0 Å². The third kappa shape index (κ3) is 3.05. The molecule has 0 saturated heterocycles. The molecule has 0 spiro atoms. The number of benzene rings is 1. The molecule has 0 amide bonds. The van der Waals surface area contributed by atoms with Crippen LogP contribution in [0, 0.1) is 12.7 Å². The third-order valence-corrected chi connectivity index (χ3v) is 3.87. The summed E-state index contributed by atoms with van der Waals surface area (Å²) in [7, 11) is -4.26. The fraction of sp³-hybridized carbons (Fsp3) is 0.364. The van der Waals surface area contributed by atoms with Crippen molar-refractivity contribution >= 4 is 16.1 Å². The summed E-state index contributed by atoms with van der Waals surface area (Å²) in [5, 5.41) is 8.82. The number of aliphatic carboxylic acids is 1. The number of carbonyl (C=O) groups is 1. The topological polar surface area (TPSA) is 80.7 Å². The van der Waals surface area contributed by atoms with Crippen LogP contribution in [0.3, 0.4) is 0 Å². The Labute approximate surface area is 104 Å². The number of halogens is 1. The van der Waals surface area contributed by atoms with Crippen molar-refractivity contribution in [3.63, 3.8) is 0 Å². The predicted octanol–water partition coefficient (Wildman–Crippen LogP) is 1.70. The highest BCUT2D eigenvalue weighted by molar-refractivity contribution is 7.86. The minimum atomic E-state index is -4.26. The molecule has 0 unspecified atom stereocenters. The van der Waals surface area contributed by atoms with Gasteiger partial charge in [0.1, 0.15) is 5.82 Å². The van der Waals surface area contributed by atoms with Gasteiger partial charge in [-0.1, -0.05) is 0 Å². The molecule has 0 fully saturated rings. The van der Waals surface area contributed by atoms with Crippen LogP contribution < -0.4 is 0 Å². The molecule has 0 aromatic heterocycles. The van der Waals surface area contributed by atoms with Crippen LogP contribution in [-0.4, -0.2) is 25.1 Å². The van der Waals surface area contributed by atoms with Crippen LogP contribution in [0.2, 0.25) is 0 Å². The molecule has 0 atom stereocenters. The maximum absolute atomic E-state index is 12.9. The second kappa shape index (κ2) is 4.66. The molecule has 7 heteroatoms. The molecule has 1 aromatic rings. The van der Waals surface area contributed by atoms with Gasteiger partial charge in [0.15, 0.2) is 5.60 Å². The van der Waals surface area contributed by atoms with E-state index in [1.807, 2.05) is 0 Å². The zero-order valence-corrected chi connectivity index (χ0v) is 10.9. The van der Waals surface area contributed by atoms with E-state index in [0.29, 0.717) is 0 Å². The molecule has 0 aliphatic carbocycles. The fourth-order valence-corrected chi connectivity index (χ4v) is 2.65. The predicted molar refractivity (Wildman–Crippen MR) is 61.1 cm³/mol. The van der Waals surface area contributed by atoms with Crippen LogP contribution in [0.15, 0.2) is 23.1 Å². The Morgan fingerprint density at radius 3 is 2.39 bits per heavy atom. The molecular formula is C11H13FO5S. The number of carboxylic acid groups (broad SMARTS) is 1. The van der Waals surface area contributed by atoms with Gasteiger partial charge >= 0.3 is 5.97 Å². The third-order valence-electron chi connectivity index (χ3n) is 2.24. The Morgan fingerprint density at radius 1 is 1.39 bits per heavy atom. The lowest BCUT2D eigenvalue weighted by molar-refractivity contribution is -0.151. The minimum absolute atomic E-state index is 0.149. The summed E-state index contributed by atoms with van der Waals surface area (Å²) in [6.07, 6.45) is 0. The zero-order valence-electron chi connectivity index (χ0n) is 10.1. The van der Waals surface area contributed by atoms with Gasteiger partial charge in [-0.2, -0.15) is 8.42 Å². The van der Waals surface area contributed by atoms with Crippen molar-refractivity contribution in [3.8, 4) is 0 Å². The summed E-state index contributed by atoms with van der Waals surface area (Å²) in [5.41, 5.74) is -1.74. The summed E-state index contributed by atoms with van der Waals surface area (Å²) in [6, 6.07) is 3.04. The first kappa shape index (κ1) is 14.6. The number of carboxylic acids is 1. The van der Waals surface area contributed by atoms with Crippen LogP contribution in [0.4, 0.5) is 4.39 Å². The quantitative estimate of drug-likeness (QED) is 0.847. The van der Waals surface area contributed by atoms with Gasteiger partial charge in [-0.3, -0.25) is 0 Å². The smallest absolute Gasteiger partial charge is 0.336 e. The van der Waals surface area contributed by atoms with Gasteiger partial charge in [-0.15, -0.1) is 0 Å². The molecule has 0 saturated carbocycles.